The highest BCUT2D eigenvalue weighted by Crippen LogP contribution is 2.45. The summed E-state index contributed by atoms with van der Waals surface area (Å²) in [4.78, 5) is 33.5. The topological polar surface area (TPSA) is 95.1 Å². The SMILES string of the molecule is COc1cccc(OC)c1/C(O)=C1\C(=O)C(=O)N(CCN(C)C)C1c1c(C)[nH]c2ccccc12. The third-order valence-electron chi connectivity index (χ3n) is 6.21. The van der Waals surface area contributed by atoms with Crippen molar-refractivity contribution in [2.75, 3.05) is 41.4 Å². The average molecular weight is 464 g/mol. The zero-order valence-corrected chi connectivity index (χ0v) is 20.0. The van der Waals surface area contributed by atoms with Crippen LogP contribution >= 0.6 is 0 Å². The molecule has 1 saturated heterocycles. The van der Waals surface area contributed by atoms with Gasteiger partial charge in [-0.2, -0.15) is 0 Å². The van der Waals surface area contributed by atoms with E-state index >= 15 is 0 Å². The maximum absolute atomic E-state index is 13.4. The number of benzene rings is 2. The van der Waals surface area contributed by atoms with Gasteiger partial charge in [-0.05, 0) is 39.2 Å². The highest BCUT2D eigenvalue weighted by Gasteiger charge is 2.47. The number of aliphatic hydroxyl groups is 1. The van der Waals surface area contributed by atoms with Crippen molar-refractivity contribution in [3.05, 3.63) is 64.9 Å². The molecule has 178 valence electrons. The Labute approximate surface area is 198 Å². The molecule has 0 bridgehead atoms. The molecular weight excluding hydrogens is 434 g/mol. The Kier molecular flexibility index (Phi) is 6.34. The molecule has 1 aromatic heterocycles. The number of para-hydroxylation sites is 1. The van der Waals surface area contributed by atoms with E-state index in [0.29, 0.717) is 24.6 Å². The van der Waals surface area contributed by atoms with E-state index in [1.54, 1.807) is 23.1 Å². The van der Waals surface area contributed by atoms with Crippen molar-refractivity contribution in [3.8, 4) is 11.5 Å². The van der Waals surface area contributed by atoms with Crippen molar-refractivity contribution in [1.82, 2.24) is 14.8 Å². The quantitative estimate of drug-likeness (QED) is 0.317. The van der Waals surface area contributed by atoms with E-state index in [4.69, 9.17) is 9.47 Å². The number of amides is 1. The highest BCUT2D eigenvalue weighted by atomic mass is 16.5. The van der Waals surface area contributed by atoms with Gasteiger partial charge in [0.2, 0.25) is 0 Å². The number of hydrogen-bond acceptors (Lipinski definition) is 6. The first kappa shape index (κ1) is 23.4. The molecule has 2 aromatic carbocycles. The summed E-state index contributed by atoms with van der Waals surface area (Å²) >= 11 is 0. The molecule has 0 spiro atoms. The van der Waals surface area contributed by atoms with E-state index < -0.39 is 17.7 Å². The number of ether oxygens (including phenoxy) is 2. The summed E-state index contributed by atoms with van der Waals surface area (Å²) in [6.07, 6.45) is 0. The molecule has 0 saturated carbocycles. The van der Waals surface area contributed by atoms with Crippen molar-refractivity contribution in [2.24, 2.45) is 0 Å². The second kappa shape index (κ2) is 9.23. The summed E-state index contributed by atoms with van der Waals surface area (Å²) < 4.78 is 10.9. The van der Waals surface area contributed by atoms with E-state index in [2.05, 4.69) is 4.98 Å². The monoisotopic (exact) mass is 463 g/mol. The van der Waals surface area contributed by atoms with E-state index in [-0.39, 0.29) is 16.9 Å². The fourth-order valence-electron chi connectivity index (χ4n) is 4.59. The third-order valence-corrected chi connectivity index (χ3v) is 6.21. The molecule has 8 heteroatoms. The molecule has 1 atom stereocenters. The van der Waals surface area contributed by atoms with Crippen LogP contribution < -0.4 is 9.47 Å². The van der Waals surface area contributed by atoms with Gasteiger partial charge < -0.3 is 29.4 Å². The lowest BCUT2D eigenvalue weighted by Crippen LogP contribution is -2.35. The summed E-state index contributed by atoms with van der Waals surface area (Å²) in [6.45, 7) is 2.79. The normalized spacial score (nSPS) is 17.7. The van der Waals surface area contributed by atoms with Crippen molar-refractivity contribution in [1.29, 1.82) is 0 Å². The number of likely N-dealkylation sites (tertiary alicyclic amines) is 1. The molecule has 0 radical (unpaired) electrons. The summed E-state index contributed by atoms with van der Waals surface area (Å²) in [5.41, 5.74) is 2.74. The lowest BCUT2D eigenvalue weighted by Gasteiger charge is -2.27. The van der Waals surface area contributed by atoms with E-state index in [1.165, 1.54) is 14.2 Å². The number of hydrogen-bond donors (Lipinski definition) is 2. The number of methoxy groups -OCH3 is 2. The summed E-state index contributed by atoms with van der Waals surface area (Å²) in [7, 11) is 6.76. The molecule has 34 heavy (non-hydrogen) atoms. The Morgan fingerprint density at radius 3 is 2.32 bits per heavy atom. The Hall–Kier alpha value is -3.78. The van der Waals surface area contributed by atoms with Gasteiger partial charge in [-0.3, -0.25) is 9.59 Å². The third kappa shape index (κ3) is 3.80. The van der Waals surface area contributed by atoms with Crippen LogP contribution in [-0.4, -0.2) is 73.0 Å². The number of nitrogens with one attached hydrogen (secondary N) is 1. The van der Waals surface area contributed by atoms with Crippen LogP contribution in [0, 0.1) is 6.92 Å². The number of nitrogens with zero attached hydrogens (tertiary/aromatic N) is 2. The lowest BCUT2D eigenvalue weighted by molar-refractivity contribution is -0.140. The molecule has 1 aliphatic heterocycles. The number of H-pyrrole nitrogens is 1. The zero-order chi connectivity index (χ0) is 24.6. The van der Waals surface area contributed by atoms with Crippen LogP contribution in [0.25, 0.3) is 16.7 Å². The Morgan fingerprint density at radius 1 is 1.06 bits per heavy atom. The van der Waals surface area contributed by atoms with E-state index in [9.17, 15) is 14.7 Å². The van der Waals surface area contributed by atoms with Crippen LogP contribution in [0.1, 0.15) is 22.9 Å². The minimum Gasteiger partial charge on any atom is -0.506 e. The molecule has 2 heterocycles. The number of aromatic amines is 1. The Bertz CT molecular complexity index is 1270. The van der Waals surface area contributed by atoms with E-state index in [0.717, 1.165) is 22.2 Å². The Morgan fingerprint density at radius 2 is 1.71 bits per heavy atom. The van der Waals surface area contributed by atoms with Crippen molar-refractivity contribution in [3.63, 3.8) is 0 Å². The number of aryl methyl sites for hydroxylation is 1. The minimum atomic E-state index is -0.772. The smallest absolute Gasteiger partial charge is 0.295 e. The molecule has 3 aromatic rings. The first-order valence-electron chi connectivity index (χ1n) is 11.0. The highest BCUT2D eigenvalue weighted by molar-refractivity contribution is 6.46. The minimum absolute atomic E-state index is 0.0133. The number of fused-ring (bicyclic) bond motifs is 1. The van der Waals surface area contributed by atoms with Gasteiger partial charge in [0, 0.05) is 35.2 Å². The predicted molar refractivity (Wildman–Crippen MR) is 130 cm³/mol. The number of aromatic nitrogens is 1. The number of ketones is 1. The number of Topliss-reactive ketones (excluding diaryl/α,β-unsaturated/α-hetero) is 1. The predicted octanol–water partition coefficient (Wildman–Crippen LogP) is 3.48. The molecule has 0 aliphatic carbocycles. The summed E-state index contributed by atoms with van der Waals surface area (Å²) in [6, 6.07) is 12.0. The zero-order valence-electron chi connectivity index (χ0n) is 20.0. The number of aliphatic hydroxyl groups excluding tert-OH is 1. The molecule has 8 nitrogen and oxygen atoms in total. The standard InChI is InChI=1S/C26H29N3O5/c1-15-20(16-9-6-7-10-17(16)27-15)23-22(25(31)26(32)29(23)14-13-28(2)3)24(30)21-18(33-4)11-8-12-19(21)34-5/h6-12,23,27,30H,13-14H2,1-5H3/b24-22+. The number of carbonyl (C=O) groups excluding carboxylic acids is 2. The van der Waals surface area contributed by atoms with Gasteiger partial charge in [-0.1, -0.05) is 24.3 Å². The number of carbonyl (C=O) groups is 2. The van der Waals surface area contributed by atoms with Gasteiger partial charge in [-0.15, -0.1) is 0 Å². The van der Waals surface area contributed by atoms with Gasteiger partial charge in [-0.25, -0.2) is 0 Å². The molecule has 4 rings (SSSR count). The van der Waals surface area contributed by atoms with Crippen LogP contribution in [-0.2, 0) is 9.59 Å². The lowest BCUT2D eigenvalue weighted by atomic mass is 9.93. The molecule has 1 unspecified atom stereocenters. The Balaban J connectivity index is 2.02. The largest absolute Gasteiger partial charge is 0.506 e. The van der Waals surface area contributed by atoms with Crippen molar-refractivity contribution < 1.29 is 24.2 Å². The average Bonchev–Trinajstić information content (AvgIpc) is 3.28. The fraction of sp³-hybridized carbons (Fsp3) is 0.308. The maximum atomic E-state index is 13.4. The van der Waals surface area contributed by atoms with E-state index in [1.807, 2.05) is 50.2 Å². The number of likely N-dealkylation sites (N-methyl/N-ethyl adjacent to an activating group) is 1. The van der Waals surface area contributed by atoms with Crippen molar-refractivity contribution in [2.45, 2.75) is 13.0 Å². The van der Waals surface area contributed by atoms with Crippen molar-refractivity contribution >= 4 is 28.4 Å². The number of rotatable bonds is 7. The van der Waals surface area contributed by atoms with Crippen LogP contribution in [0.15, 0.2) is 48.0 Å². The van der Waals surface area contributed by atoms with Crippen LogP contribution in [0.2, 0.25) is 0 Å². The molecule has 1 aliphatic rings. The van der Waals surface area contributed by atoms with Gasteiger partial charge in [0.05, 0.1) is 25.8 Å². The second-order valence-electron chi connectivity index (χ2n) is 8.54. The van der Waals surface area contributed by atoms with Gasteiger partial charge in [0.25, 0.3) is 11.7 Å². The first-order chi connectivity index (χ1) is 16.3. The molecule has 1 amide bonds. The first-order valence-corrected chi connectivity index (χ1v) is 11.0. The molecule has 1 fully saturated rings. The fourth-order valence-corrected chi connectivity index (χ4v) is 4.59. The van der Waals surface area contributed by atoms with Crippen LogP contribution in [0.3, 0.4) is 0 Å². The van der Waals surface area contributed by atoms with Crippen LogP contribution in [0.5, 0.6) is 11.5 Å². The van der Waals surface area contributed by atoms with Gasteiger partial charge >= 0.3 is 0 Å². The molecular formula is C26H29N3O5. The van der Waals surface area contributed by atoms with Gasteiger partial charge in [0.15, 0.2) is 0 Å². The summed E-state index contributed by atoms with van der Waals surface area (Å²) in [5.74, 6) is -1.03. The van der Waals surface area contributed by atoms with Gasteiger partial charge in [0.1, 0.15) is 22.8 Å². The summed E-state index contributed by atoms with van der Waals surface area (Å²) in [5, 5.41) is 12.4. The maximum Gasteiger partial charge on any atom is 0.295 e. The van der Waals surface area contributed by atoms with Crippen LogP contribution in [0.4, 0.5) is 0 Å². The molecule has 2 N–H and O–H groups in total. The second-order valence-corrected chi connectivity index (χ2v) is 8.54.